The van der Waals surface area contributed by atoms with Crippen molar-refractivity contribution in [3.8, 4) is 0 Å². The summed E-state index contributed by atoms with van der Waals surface area (Å²) in [6, 6.07) is 3.95. The van der Waals surface area contributed by atoms with Crippen molar-refractivity contribution in [2.24, 2.45) is 0 Å². The molecule has 4 nitrogen and oxygen atoms in total. The topological polar surface area (TPSA) is 56.7 Å². The molecule has 0 fully saturated rings. The zero-order valence-electron chi connectivity index (χ0n) is 11.0. The van der Waals surface area contributed by atoms with Crippen LogP contribution < -0.4 is 5.73 Å². The van der Waals surface area contributed by atoms with Crippen LogP contribution in [0.3, 0.4) is 0 Å². The van der Waals surface area contributed by atoms with Crippen LogP contribution in [-0.2, 0) is 6.54 Å². The van der Waals surface area contributed by atoms with E-state index < -0.39 is 0 Å². The number of nitrogens with two attached hydrogens (primary N) is 1. The highest BCUT2D eigenvalue weighted by atomic mass is 32.2. The van der Waals surface area contributed by atoms with Gasteiger partial charge < -0.3 is 5.73 Å². The van der Waals surface area contributed by atoms with Gasteiger partial charge in [0.2, 0.25) is 5.95 Å². The lowest BCUT2D eigenvalue weighted by atomic mass is 10.2. The Balaban J connectivity index is 2.07. The molecule has 0 radical (unpaired) electrons. The van der Waals surface area contributed by atoms with E-state index in [-0.39, 0.29) is 0 Å². The van der Waals surface area contributed by atoms with Crippen LogP contribution >= 0.6 is 11.8 Å². The Morgan fingerprint density at radius 1 is 1.22 bits per heavy atom. The van der Waals surface area contributed by atoms with Crippen molar-refractivity contribution in [3.63, 3.8) is 0 Å². The standard InChI is InChI=1S/C13H20N4S/c1-10-6-7-11-12(15-10)17(13(14)16-11)8-4-3-5-9-18-2/h6-7H,3-5,8-9H2,1-2H3,(H2,14,16). The lowest BCUT2D eigenvalue weighted by molar-refractivity contribution is 0.618. The van der Waals surface area contributed by atoms with Crippen molar-refractivity contribution in [1.29, 1.82) is 0 Å². The fourth-order valence-corrected chi connectivity index (χ4v) is 2.52. The number of imidazole rings is 1. The molecule has 2 aromatic rings. The molecule has 0 unspecified atom stereocenters. The second-order valence-electron chi connectivity index (χ2n) is 4.47. The highest BCUT2D eigenvalue weighted by Crippen LogP contribution is 2.17. The average Bonchev–Trinajstić information content (AvgIpc) is 2.65. The maximum atomic E-state index is 5.95. The molecule has 0 bridgehead atoms. The van der Waals surface area contributed by atoms with Gasteiger partial charge >= 0.3 is 0 Å². The highest BCUT2D eigenvalue weighted by Gasteiger charge is 2.08. The van der Waals surface area contributed by atoms with Gasteiger partial charge in [-0.1, -0.05) is 6.42 Å². The van der Waals surface area contributed by atoms with Gasteiger partial charge in [-0.2, -0.15) is 11.8 Å². The SMILES string of the molecule is CSCCCCCn1c(N)nc2ccc(C)nc21. The van der Waals surface area contributed by atoms with Gasteiger partial charge in [-0.3, -0.25) is 4.57 Å². The third kappa shape index (κ3) is 2.96. The molecule has 2 heterocycles. The fraction of sp³-hybridized carbons (Fsp3) is 0.538. The van der Waals surface area contributed by atoms with Crippen LogP contribution in [0.25, 0.3) is 11.2 Å². The summed E-state index contributed by atoms with van der Waals surface area (Å²) < 4.78 is 2.03. The molecule has 0 atom stereocenters. The van der Waals surface area contributed by atoms with Gasteiger partial charge in [0.15, 0.2) is 5.65 Å². The quantitative estimate of drug-likeness (QED) is 0.815. The molecule has 98 valence electrons. The first kappa shape index (κ1) is 13.2. The fourth-order valence-electron chi connectivity index (χ4n) is 2.03. The maximum Gasteiger partial charge on any atom is 0.202 e. The van der Waals surface area contributed by atoms with Gasteiger partial charge in [-0.05, 0) is 43.9 Å². The average molecular weight is 264 g/mol. The minimum Gasteiger partial charge on any atom is -0.369 e. The smallest absolute Gasteiger partial charge is 0.202 e. The summed E-state index contributed by atoms with van der Waals surface area (Å²) in [6.07, 6.45) is 5.77. The Kier molecular flexibility index (Phi) is 4.47. The molecular formula is C13H20N4S. The summed E-state index contributed by atoms with van der Waals surface area (Å²) in [5.74, 6) is 1.81. The van der Waals surface area contributed by atoms with E-state index in [0.717, 1.165) is 29.8 Å². The molecule has 2 N–H and O–H groups in total. The third-order valence-electron chi connectivity index (χ3n) is 2.99. The molecule has 0 aromatic carbocycles. The third-order valence-corrected chi connectivity index (χ3v) is 3.69. The number of thioether (sulfide) groups is 1. The summed E-state index contributed by atoms with van der Waals surface area (Å²) in [4.78, 5) is 8.87. The number of aromatic nitrogens is 3. The van der Waals surface area contributed by atoms with E-state index in [2.05, 4.69) is 16.2 Å². The second-order valence-corrected chi connectivity index (χ2v) is 5.46. The molecule has 2 rings (SSSR count). The highest BCUT2D eigenvalue weighted by molar-refractivity contribution is 7.98. The molecule has 0 saturated carbocycles. The van der Waals surface area contributed by atoms with E-state index in [9.17, 15) is 0 Å². The Hall–Kier alpha value is -1.23. The first-order chi connectivity index (χ1) is 8.72. The van der Waals surface area contributed by atoms with Crippen LogP contribution in [0, 0.1) is 6.92 Å². The number of unbranched alkanes of at least 4 members (excludes halogenated alkanes) is 2. The minimum atomic E-state index is 0.577. The minimum absolute atomic E-state index is 0.577. The molecule has 5 heteroatoms. The first-order valence-electron chi connectivity index (χ1n) is 6.30. The summed E-state index contributed by atoms with van der Waals surface area (Å²) in [6.45, 7) is 2.90. The van der Waals surface area contributed by atoms with Crippen molar-refractivity contribution in [3.05, 3.63) is 17.8 Å². The Labute approximate surface area is 112 Å². The number of nitrogen functional groups attached to an aromatic ring is 1. The maximum absolute atomic E-state index is 5.95. The van der Waals surface area contributed by atoms with E-state index in [1.54, 1.807) is 0 Å². The monoisotopic (exact) mass is 264 g/mol. The van der Waals surface area contributed by atoms with Gasteiger partial charge in [0, 0.05) is 12.2 Å². The van der Waals surface area contributed by atoms with Crippen LogP contribution in [0.5, 0.6) is 0 Å². The summed E-state index contributed by atoms with van der Waals surface area (Å²) in [7, 11) is 0. The van der Waals surface area contributed by atoms with Gasteiger partial charge in [-0.15, -0.1) is 0 Å². The van der Waals surface area contributed by atoms with Crippen LogP contribution in [0.4, 0.5) is 5.95 Å². The van der Waals surface area contributed by atoms with Crippen LogP contribution in [0.2, 0.25) is 0 Å². The second kappa shape index (κ2) is 6.09. The summed E-state index contributed by atoms with van der Waals surface area (Å²) in [5.41, 5.74) is 8.76. The van der Waals surface area contributed by atoms with Crippen molar-refractivity contribution < 1.29 is 0 Å². The van der Waals surface area contributed by atoms with Crippen molar-refractivity contribution in [2.45, 2.75) is 32.7 Å². The van der Waals surface area contributed by atoms with Crippen LogP contribution in [0.1, 0.15) is 25.0 Å². The number of pyridine rings is 1. The number of anilines is 1. The van der Waals surface area contributed by atoms with E-state index >= 15 is 0 Å². The summed E-state index contributed by atoms with van der Waals surface area (Å²) >= 11 is 1.90. The van der Waals surface area contributed by atoms with E-state index in [4.69, 9.17) is 5.73 Å². The van der Waals surface area contributed by atoms with Crippen molar-refractivity contribution in [1.82, 2.24) is 14.5 Å². The van der Waals surface area contributed by atoms with Crippen molar-refractivity contribution >= 4 is 28.9 Å². The lowest BCUT2D eigenvalue weighted by Crippen LogP contribution is -2.04. The van der Waals surface area contributed by atoms with E-state index in [1.165, 1.54) is 18.6 Å². The van der Waals surface area contributed by atoms with E-state index in [0.29, 0.717) is 5.95 Å². The van der Waals surface area contributed by atoms with Gasteiger partial charge in [-0.25, -0.2) is 9.97 Å². The van der Waals surface area contributed by atoms with E-state index in [1.807, 2.05) is 35.4 Å². The Morgan fingerprint density at radius 2 is 2.06 bits per heavy atom. The molecule has 0 amide bonds. The molecule has 0 aliphatic carbocycles. The molecule has 0 aliphatic rings. The zero-order chi connectivity index (χ0) is 13.0. The largest absolute Gasteiger partial charge is 0.369 e. The van der Waals surface area contributed by atoms with Gasteiger partial charge in [0.1, 0.15) is 5.52 Å². The number of nitrogens with zero attached hydrogens (tertiary/aromatic N) is 3. The lowest BCUT2D eigenvalue weighted by Gasteiger charge is -2.05. The predicted octanol–water partition coefficient (Wildman–Crippen LogP) is 2.86. The number of fused-ring (bicyclic) bond motifs is 1. The Bertz CT molecular complexity index is 521. The normalized spacial score (nSPS) is 11.2. The number of hydrogen-bond acceptors (Lipinski definition) is 4. The number of hydrogen-bond donors (Lipinski definition) is 1. The first-order valence-corrected chi connectivity index (χ1v) is 7.70. The number of aryl methyl sites for hydroxylation is 2. The molecular weight excluding hydrogens is 244 g/mol. The van der Waals surface area contributed by atoms with Crippen LogP contribution in [0.15, 0.2) is 12.1 Å². The predicted molar refractivity (Wildman–Crippen MR) is 78.9 cm³/mol. The molecule has 2 aromatic heterocycles. The Morgan fingerprint density at radius 3 is 2.83 bits per heavy atom. The van der Waals surface area contributed by atoms with Gasteiger partial charge in [0.25, 0.3) is 0 Å². The van der Waals surface area contributed by atoms with Gasteiger partial charge in [0.05, 0.1) is 0 Å². The molecule has 0 aliphatic heterocycles. The zero-order valence-corrected chi connectivity index (χ0v) is 11.8. The molecule has 18 heavy (non-hydrogen) atoms. The number of rotatable bonds is 6. The van der Waals surface area contributed by atoms with Crippen LogP contribution in [-0.4, -0.2) is 26.5 Å². The summed E-state index contributed by atoms with van der Waals surface area (Å²) in [5, 5.41) is 0. The molecule has 0 saturated heterocycles. The molecule has 0 spiro atoms. The van der Waals surface area contributed by atoms with Crippen molar-refractivity contribution in [2.75, 3.05) is 17.7 Å².